The van der Waals surface area contributed by atoms with Crippen LogP contribution >= 0.6 is 11.3 Å². The highest BCUT2D eigenvalue weighted by Crippen LogP contribution is 2.29. The minimum Gasteiger partial charge on any atom is -0.324 e. The van der Waals surface area contributed by atoms with E-state index in [1.807, 2.05) is 17.4 Å². The molecule has 2 aromatic rings. The first-order chi connectivity index (χ1) is 7.70. The fourth-order valence-corrected chi connectivity index (χ4v) is 2.79. The molecule has 1 aromatic heterocycles. The molecule has 3 N–H and O–H groups in total. The van der Waals surface area contributed by atoms with Gasteiger partial charge in [0.1, 0.15) is 0 Å². The van der Waals surface area contributed by atoms with Gasteiger partial charge in [-0.15, -0.1) is 11.3 Å². The minimum atomic E-state index is 0.755. The highest BCUT2D eigenvalue weighted by atomic mass is 32.1. The van der Waals surface area contributed by atoms with Crippen molar-refractivity contribution < 1.29 is 0 Å². The quantitative estimate of drug-likeness (QED) is 0.624. The van der Waals surface area contributed by atoms with Gasteiger partial charge in [0, 0.05) is 10.4 Å². The number of rotatable bonds is 4. The van der Waals surface area contributed by atoms with Crippen molar-refractivity contribution in [3.63, 3.8) is 0 Å². The molecule has 0 saturated carbocycles. The summed E-state index contributed by atoms with van der Waals surface area (Å²) in [7, 11) is 0. The lowest BCUT2D eigenvalue weighted by Crippen LogP contribution is -2.06. The van der Waals surface area contributed by atoms with Crippen molar-refractivity contribution in [1.82, 2.24) is 0 Å². The molecule has 86 valence electrons. The van der Waals surface area contributed by atoms with Crippen molar-refractivity contribution in [3.05, 3.63) is 29.1 Å². The van der Waals surface area contributed by atoms with Gasteiger partial charge in [-0.2, -0.15) is 0 Å². The number of fused-ring (bicyclic) bond motifs is 1. The summed E-state index contributed by atoms with van der Waals surface area (Å²) in [5.74, 6) is 6.19. The predicted octanol–water partition coefficient (Wildman–Crippen LogP) is 3.78. The Morgan fingerprint density at radius 2 is 2.19 bits per heavy atom. The number of nitrogens with one attached hydrogen (secondary N) is 1. The van der Waals surface area contributed by atoms with Gasteiger partial charge in [-0.1, -0.05) is 13.8 Å². The molecule has 0 unspecified atom stereocenters. The first kappa shape index (κ1) is 11.4. The van der Waals surface area contributed by atoms with Crippen LogP contribution in [0.25, 0.3) is 10.1 Å². The summed E-state index contributed by atoms with van der Waals surface area (Å²) in [6, 6.07) is 6.29. The molecule has 0 radical (unpaired) electrons. The van der Waals surface area contributed by atoms with Crippen LogP contribution < -0.4 is 11.3 Å². The molecule has 0 aliphatic rings. The second-order valence-corrected chi connectivity index (χ2v) is 5.46. The number of aryl methyl sites for hydroxylation is 1. The third-order valence-corrected chi connectivity index (χ3v) is 3.82. The molecule has 1 aromatic carbocycles. The van der Waals surface area contributed by atoms with E-state index in [-0.39, 0.29) is 0 Å². The standard InChI is InChI=1S/C13H18N2S/c1-9(2)3-4-10-8-16-13-6-5-11(15-14)7-12(10)13/h5-9,15H,3-4,14H2,1-2H3. The summed E-state index contributed by atoms with van der Waals surface area (Å²) in [5, 5.41) is 3.62. The molecule has 0 bridgehead atoms. The average Bonchev–Trinajstić information content (AvgIpc) is 2.68. The maximum atomic E-state index is 5.44. The van der Waals surface area contributed by atoms with Crippen LogP contribution in [0.5, 0.6) is 0 Å². The Kier molecular flexibility index (Phi) is 3.46. The van der Waals surface area contributed by atoms with Gasteiger partial charge in [-0.25, -0.2) is 0 Å². The molecule has 0 atom stereocenters. The van der Waals surface area contributed by atoms with Gasteiger partial charge in [0.15, 0.2) is 0 Å². The van der Waals surface area contributed by atoms with Crippen LogP contribution in [0.15, 0.2) is 23.6 Å². The number of hydrogen-bond acceptors (Lipinski definition) is 3. The zero-order valence-corrected chi connectivity index (χ0v) is 10.6. The van der Waals surface area contributed by atoms with Crippen LogP contribution in [-0.4, -0.2) is 0 Å². The molecule has 2 nitrogen and oxygen atoms in total. The molecular weight excluding hydrogens is 216 g/mol. The third-order valence-electron chi connectivity index (χ3n) is 2.81. The number of nitrogen functional groups attached to an aromatic ring is 1. The maximum Gasteiger partial charge on any atom is 0.0492 e. The fourth-order valence-electron chi connectivity index (χ4n) is 1.81. The summed E-state index contributed by atoms with van der Waals surface area (Å²) in [4.78, 5) is 0. The van der Waals surface area contributed by atoms with E-state index < -0.39 is 0 Å². The van der Waals surface area contributed by atoms with Gasteiger partial charge < -0.3 is 5.43 Å². The van der Waals surface area contributed by atoms with Crippen molar-refractivity contribution in [2.24, 2.45) is 11.8 Å². The highest BCUT2D eigenvalue weighted by molar-refractivity contribution is 7.17. The SMILES string of the molecule is CC(C)CCc1csc2ccc(NN)cc12. The largest absolute Gasteiger partial charge is 0.324 e. The van der Waals surface area contributed by atoms with Crippen LogP contribution in [0.4, 0.5) is 5.69 Å². The summed E-state index contributed by atoms with van der Waals surface area (Å²) >= 11 is 1.82. The van der Waals surface area contributed by atoms with Crippen molar-refractivity contribution in [1.29, 1.82) is 0 Å². The van der Waals surface area contributed by atoms with Crippen LogP contribution in [0.1, 0.15) is 25.8 Å². The Labute approximate surface area is 100 Å². The second kappa shape index (κ2) is 4.85. The highest BCUT2D eigenvalue weighted by Gasteiger charge is 2.05. The average molecular weight is 234 g/mol. The van der Waals surface area contributed by atoms with E-state index in [9.17, 15) is 0 Å². The van der Waals surface area contributed by atoms with E-state index in [0.717, 1.165) is 18.0 Å². The molecule has 0 aliphatic carbocycles. The van der Waals surface area contributed by atoms with Crippen molar-refractivity contribution in [2.75, 3.05) is 5.43 Å². The van der Waals surface area contributed by atoms with Crippen molar-refractivity contribution in [3.8, 4) is 0 Å². The molecule has 0 spiro atoms. The van der Waals surface area contributed by atoms with E-state index in [2.05, 4.69) is 36.8 Å². The molecular formula is C13H18N2S. The molecule has 0 saturated heterocycles. The summed E-state index contributed by atoms with van der Waals surface area (Å²) < 4.78 is 1.35. The molecule has 16 heavy (non-hydrogen) atoms. The van der Waals surface area contributed by atoms with E-state index in [1.165, 1.54) is 22.1 Å². The zero-order chi connectivity index (χ0) is 11.5. The first-order valence-electron chi connectivity index (χ1n) is 5.67. The van der Waals surface area contributed by atoms with E-state index >= 15 is 0 Å². The summed E-state index contributed by atoms with van der Waals surface area (Å²) in [6.07, 6.45) is 2.40. The van der Waals surface area contributed by atoms with Gasteiger partial charge in [0.05, 0.1) is 0 Å². The van der Waals surface area contributed by atoms with E-state index in [4.69, 9.17) is 5.84 Å². The van der Waals surface area contributed by atoms with E-state index in [1.54, 1.807) is 0 Å². The van der Waals surface area contributed by atoms with Crippen LogP contribution in [0.2, 0.25) is 0 Å². The third kappa shape index (κ3) is 2.36. The number of nitrogens with two attached hydrogens (primary N) is 1. The topological polar surface area (TPSA) is 38.0 Å². The normalized spacial score (nSPS) is 11.2. The molecule has 1 heterocycles. The molecule has 2 rings (SSSR count). The Morgan fingerprint density at radius 3 is 2.88 bits per heavy atom. The van der Waals surface area contributed by atoms with Crippen LogP contribution in [-0.2, 0) is 6.42 Å². The number of hydrazine groups is 1. The van der Waals surface area contributed by atoms with Gasteiger partial charge in [-0.3, -0.25) is 5.84 Å². The zero-order valence-electron chi connectivity index (χ0n) is 9.79. The number of thiophene rings is 1. The Hall–Kier alpha value is -1.06. The lowest BCUT2D eigenvalue weighted by Gasteiger charge is -2.04. The number of anilines is 1. The van der Waals surface area contributed by atoms with Crippen molar-refractivity contribution in [2.45, 2.75) is 26.7 Å². The summed E-state index contributed by atoms with van der Waals surface area (Å²) in [5.41, 5.74) is 5.14. The molecule has 3 heteroatoms. The molecule has 0 aliphatic heterocycles. The maximum absolute atomic E-state index is 5.44. The minimum absolute atomic E-state index is 0.755. The smallest absolute Gasteiger partial charge is 0.0492 e. The molecule has 0 amide bonds. The summed E-state index contributed by atoms with van der Waals surface area (Å²) in [6.45, 7) is 4.53. The van der Waals surface area contributed by atoms with Crippen LogP contribution in [0, 0.1) is 5.92 Å². The fraction of sp³-hybridized carbons (Fsp3) is 0.385. The lowest BCUT2D eigenvalue weighted by atomic mass is 10.0. The van der Waals surface area contributed by atoms with E-state index in [0.29, 0.717) is 0 Å². The molecule has 0 fully saturated rings. The number of benzene rings is 1. The predicted molar refractivity (Wildman–Crippen MR) is 72.8 cm³/mol. The Morgan fingerprint density at radius 1 is 1.38 bits per heavy atom. The van der Waals surface area contributed by atoms with Gasteiger partial charge in [-0.05, 0) is 53.3 Å². The second-order valence-electron chi connectivity index (χ2n) is 4.55. The Balaban J connectivity index is 2.30. The van der Waals surface area contributed by atoms with Crippen LogP contribution in [0.3, 0.4) is 0 Å². The first-order valence-corrected chi connectivity index (χ1v) is 6.55. The van der Waals surface area contributed by atoms with Gasteiger partial charge in [0.25, 0.3) is 0 Å². The van der Waals surface area contributed by atoms with Gasteiger partial charge in [0.2, 0.25) is 0 Å². The van der Waals surface area contributed by atoms with Gasteiger partial charge >= 0.3 is 0 Å². The lowest BCUT2D eigenvalue weighted by molar-refractivity contribution is 0.588. The monoisotopic (exact) mass is 234 g/mol. The van der Waals surface area contributed by atoms with Crippen molar-refractivity contribution >= 4 is 27.1 Å². The Bertz CT molecular complexity index is 474. The number of hydrogen-bond donors (Lipinski definition) is 2.